The molecule has 0 saturated carbocycles. The first kappa shape index (κ1) is 14.0. The summed E-state index contributed by atoms with van der Waals surface area (Å²) in [6.07, 6.45) is 3.96. The van der Waals surface area contributed by atoms with Gasteiger partial charge in [-0.3, -0.25) is 0 Å². The normalized spacial score (nSPS) is 14.8. The molecular formula is C13H29N. The summed E-state index contributed by atoms with van der Waals surface area (Å²) in [6.45, 7) is 14.9. The third kappa shape index (κ3) is 6.42. The van der Waals surface area contributed by atoms with Crippen molar-refractivity contribution in [3.05, 3.63) is 0 Å². The van der Waals surface area contributed by atoms with Crippen LogP contribution in [0.5, 0.6) is 0 Å². The van der Waals surface area contributed by atoms with Crippen molar-refractivity contribution in [3.8, 4) is 0 Å². The zero-order valence-electron chi connectivity index (χ0n) is 11.0. The largest absolute Gasteiger partial charge is 0.312 e. The van der Waals surface area contributed by atoms with Crippen molar-refractivity contribution < 1.29 is 0 Å². The van der Waals surface area contributed by atoms with E-state index >= 15 is 0 Å². The van der Waals surface area contributed by atoms with Gasteiger partial charge >= 0.3 is 0 Å². The van der Waals surface area contributed by atoms with Crippen LogP contribution >= 0.6 is 0 Å². The van der Waals surface area contributed by atoms with Crippen LogP contribution in [0.1, 0.15) is 60.8 Å². The van der Waals surface area contributed by atoms with Crippen LogP contribution in [0.4, 0.5) is 0 Å². The van der Waals surface area contributed by atoms with Gasteiger partial charge in [-0.05, 0) is 45.6 Å². The predicted octanol–water partition coefficient (Wildman–Crippen LogP) is 3.84. The standard InChI is InChI=1S/C13H29N/c1-7-12(8-2)11(3)9-10-14-13(4,5)6/h11-12,14H,7-10H2,1-6H3. The van der Waals surface area contributed by atoms with Gasteiger partial charge in [0.15, 0.2) is 0 Å². The molecule has 1 N–H and O–H groups in total. The molecule has 0 aliphatic heterocycles. The van der Waals surface area contributed by atoms with Crippen molar-refractivity contribution >= 4 is 0 Å². The second-order valence-corrected chi connectivity index (χ2v) is 5.52. The van der Waals surface area contributed by atoms with Gasteiger partial charge in [0, 0.05) is 5.54 Å². The molecule has 0 fully saturated rings. The highest BCUT2D eigenvalue weighted by Crippen LogP contribution is 2.21. The average Bonchev–Trinajstić information content (AvgIpc) is 2.04. The lowest BCUT2D eigenvalue weighted by Gasteiger charge is -2.25. The maximum Gasteiger partial charge on any atom is 0.00965 e. The van der Waals surface area contributed by atoms with E-state index in [2.05, 4.69) is 46.9 Å². The Kier molecular flexibility index (Phi) is 6.43. The first-order valence-corrected chi connectivity index (χ1v) is 6.15. The van der Waals surface area contributed by atoms with Crippen molar-refractivity contribution in [3.63, 3.8) is 0 Å². The van der Waals surface area contributed by atoms with E-state index in [1.54, 1.807) is 0 Å². The summed E-state index contributed by atoms with van der Waals surface area (Å²) >= 11 is 0. The SMILES string of the molecule is CCC(CC)C(C)CCNC(C)(C)C. The predicted molar refractivity (Wildman–Crippen MR) is 65.6 cm³/mol. The van der Waals surface area contributed by atoms with E-state index in [0.29, 0.717) is 0 Å². The van der Waals surface area contributed by atoms with Gasteiger partial charge in [-0.1, -0.05) is 33.6 Å². The van der Waals surface area contributed by atoms with Gasteiger partial charge in [-0.2, -0.15) is 0 Å². The Morgan fingerprint density at radius 2 is 1.57 bits per heavy atom. The summed E-state index contributed by atoms with van der Waals surface area (Å²) in [5.74, 6) is 1.77. The molecule has 0 rings (SSSR count). The molecular weight excluding hydrogens is 170 g/mol. The van der Waals surface area contributed by atoms with Gasteiger partial charge in [-0.15, -0.1) is 0 Å². The molecule has 1 nitrogen and oxygen atoms in total. The van der Waals surface area contributed by atoms with Crippen LogP contribution in [0.15, 0.2) is 0 Å². The minimum Gasteiger partial charge on any atom is -0.312 e. The van der Waals surface area contributed by atoms with Crippen LogP contribution in [0, 0.1) is 11.8 Å². The van der Waals surface area contributed by atoms with E-state index in [9.17, 15) is 0 Å². The lowest BCUT2D eigenvalue weighted by Crippen LogP contribution is -2.37. The minimum absolute atomic E-state index is 0.271. The topological polar surface area (TPSA) is 12.0 Å². The number of hydrogen-bond acceptors (Lipinski definition) is 1. The Hall–Kier alpha value is -0.0400. The zero-order chi connectivity index (χ0) is 11.2. The van der Waals surface area contributed by atoms with E-state index in [4.69, 9.17) is 0 Å². The van der Waals surface area contributed by atoms with Crippen LogP contribution in [-0.2, 0) is 0 Å². The highest BCUT2D eigenvalue weighted by molar-refractivity contribution is 4.72. The summed E-state index contributed by atoms with van der Waals surface area (Å²) in [7, 11) is 0. The molecule has 0 spiro atoms. The van der Waals surface area contributed by atoms with E-state index in [1.807, 2.05) is 0 Å². The first-order chi connectivity index (χ1) is 6.40. The Bertz CT molecular complexity index is 131. The molecule has 14 heavy (non-hydrogen) atoms. The van der Waals surface area contributed by atoms with Gasteiger partial charge in [0.25, 0.3) is 0 Å². The van der Waals surface area contributed by atoms with Crippen LogP contribution in [0.3, 0.4) is 0 Å². The van der Waals surface area contributed by atoms with Crippen molar-refractivity contribution in [2.75, 3.05) is 6.54 Å². The minimum atomic E-state index is 0.271. The van der Waals surface area contributed by atoms with Crippen molar-refractivity contribution in [1.82, 2.24) is 5.32 Å². The van der Waals surface area contributed by atoms with Crippen LogP contribution in [0.2, 0.25) is 0 Å². The molecule has 0 aliphatic carbocycles. The van der Waals surface area contributed by atoms with E-state index in [1.165, 1.54) is 19.3 Å². The van der Waals surface area contributed by atoms with Crippen LogP contribution in [0.25, 0.3) is 0 Å². The molecule has 86 valence electrons. The number of hydrogen-bond donors (Lipinski definition) is 1. The number of nitrogens with one attached hydrogen (secondary N) is 1. The second-order valence-electron chi connectivity index (χ2n) is 5.52. The fourth-order valence-corrected chi connectivity index (χ4v) is 2.00. The summed E-state index contributed by atoms with van der Waals surface area (Å²) in [4.78, 5) is 0. The Morgan fingerprint density at radius 3 is 1.93 bits per heavy atom. The lowest BCUT2D eigenvalue weighted by atomic mass is 9.87. The summed E-state index contributed by atoms with van der Waals surface area (Å²) in [5.41, 5.74) is 0.271. The molecule has 0 heterocycles. The van der Waals surface area contributed by atoms with Crippen molar-refractivity contribution in [2.24, 2.45) is 11.8 Å². The Labute approximate surface area is 90.7 Å². The fourth-order valence-electron chi connectivity index (χ4n) is 2.00. The fraction of sp³-hybridized carbons (Fsp3) is 1.00. The molecule has 0 saturated heterocycles. The second kappa shape index (κ2) is 6.44. The van der Waals surface area contributed by atoms with Crippen molar-refractivity contribution in [2.45, 2.75) is 66.3 Å². The van der Waals surface area contributed by atoms with Crippen LogP contribution < -0.4 is 5.32 Å². The smallest absolute Gasteiger partial charge is 0.00965 e. The maximum absolute atomic E-state index is 3.56. The van der Waals surface area contributed by atoms with E-state index in [0.717, 1.165) is 18.4 Å². The quantitative estimate of drug-likeness (QED) is 0.685. The highest BCUT2D eigenvalue weighted by Gasteiger charge is 2.14. The Balaban J connectivity index is 3.67. The molecule has 1 unspecified atom stereocenters. The van der Waals surface area contributed by atoms with Gasteiger partial charge in [-0.25, -0.2) is 0 Å². The third-order valence-corrected chi connectivity index (χ3v) is 3.11. The van der Waals surface area contributed by atoms with Crippen molar-refractivity contribution in [1.29, 1.82) is 0 Å². The molecule has 0 aromatic rings. The summed E-state index contributed by atoms with van der Waals surface area (Å²) in [6, 6.07) is 0. The zero-order valence-corrected chi connectivity index (χ0v) is 11.0. The summed E-state index contributed by atoms with van der Waals surface area (Å²) < 4.78 is 0. The van der Waals surface area contributed by atoms with Gasteiger partial charge < -0.3 is 5.32 Å². The highest BCUT2D eigenvalue weighted by atomic mass is 14.9. The molecule has 1 atom stereocenters. The monoisotopic (exact) mass is 199 g/mol. The molecule has 1 heteroatoms. The average molecular weight is 199 g/mol. The lowest BCUT2D eigenvalue weighted by molar-refractivity contribution is 0.300. The molecule has 0 amide bonds. The molecule has 0 radical (unpaired) electrons. The Morgan fingerprint density at radius 1 is 1.07 bits per heavy atom. The van der Waals surface area contributed by atoms with E-state index in [-0.39, 0.29) is 5.54 Å². The molecule has 0 aromatic heterocycles. The molecule has 0 aliphatic rings. The van der Waals surface area contributed by atoms with E-state index < -0.39 is 0 Å². The van der Waals surface area contributed by atoms with Gasteiger partial charge in [0.05, 0.1) is 0 Å². The number of rotatable bonds is 6. The van der Waals surface area contributed by atoms with Crippen LogP contribution in [-0.4, -0.2) is 12.1 Å². The molecule has 0 bridgehead atoms. The van der Waals surface area contributed by atoms with Gasteiger partial charge in [0.1, 0.15) is 0 Å². The third-order valence-electron chi connectivity index (χ3n) is 3.11. The maximum atomic E-state index is 3.56. The molecule has 0 aromatic carbocycles. The summed E-state index contributed by atoms with van der Waals surface area (Å²) in [5, 5.41) is 3.56. The first-order valence-electron chi connectivity index (χ1n) is 6.15. The van der Waals surface area contributed by atoms with Gasteiger partial charge in [0.2, 0.25) is 0 Å².